The van der Waals surface area contributed by atoms with Gasteiger partial charge in [0.15, 0.2) is 11.6 Å². The molecule has 0 radical (unpaired) electrons. The van der Waals surface area contributed by atoms with Gasteiger partial charge in [0.1, 0.15) is 11.3 Å². The molecule has 1 aliphatic heterocycles. The van der Waals surface area contributed by atoms with E-state index in [9.17, 15) is 14.3 Å². The highest BCUT2D eigenvalue weighted by atomic mass is 35.5. The number of hydrogen-bond acceptors (Lipinski definition) is 6. The Balaban J connectivity index is 1.24. The van der Waals surface area contributed by atoms with Gasteiger partial charge in [0.25, 0.3) is 0 Å². The van der Waals surface area contributed by atoms with E-state index in [-0.39, 0.29) is 17.5 Å². The van der Waals surface area contributed by atoms with Gasteiger partial charge in [0.2, 0.25) is 0 Å². The minimum atomic E-state index is -1.14. The Morgan fingerprint density at radius 1 is 1.20 bits per heavy atom. The number of fused-ring (bicyclic) bond motifs is 3. The Morgan fingerprint density at radius 2 is 2.00 bits per heavy atom. The second-order valence-electron chi connectivity index (χ2n) is 13.0. The third kappa shape index (κ3) is 5.63. The number of nitrogens with zero attached hydrogens (tertiary/aromatic N) is 2. The van der Waals surface area contributed by atoms with Crippen LogP contribution in [0.15, 0.2) is 48.7 Å². The fourth-order valence-corrected chi connectivity index (χ4v) is 7.91. The fourth-order valence-electron chi connectivity index (χ4n) is 7.72. The van der Waals surface area contributed by atoms with Crippen molar-refractivity contribution in [3.05, 3.63) is 81.9 Å². The summed E-state index contributed by atoms with van der Waals surface area (Å²) in [5, 5.41) is 14.3. The van der Waals surface area contributed by atoms with Crippen molar-refractivity contribution in [2.24, 2.45) is 5.92 Å². The number of carbonyl (C=O) groups is 1. The average Bonchev–Trinajstić information content (AvgIpc) is 3.27. The van der Waals surface area contributed by atoms with Crippen LogP contribution in [0.4, 0.5) is 10.1 Å². The molecule has 0 unspecified atom stereocenters. The number of nitrogens with one attached hydrogen (secondary N) is 1. The van der Waals surface area contributed by atoms with Gasteiger partial charge in [0.05, 0.1) is 13.7 Å². The first kappa shape index (κ1) is 30.7. The number of benzene rings is 2. The average molecular weight is 622 g/mol. The minimum Gasteiger partial charge on any atom is -0.494 e. The van der Waals surface area contributed by atoms with E-state index < -0.39 is 17.0 Å². The molecule has 9 heteroatoms. The Labute approximate surface area is 263 Å². The SMILES string of the molecule is COc1cc2c(cc1F)CN(C[C@@H](C)COc1ccnc3c1[C@H](C)CCC3)C21CCC(Nc2cccc(Cl)c2)(C(=O)O)CC1. The summed E-state index contributed by atoms with van der Waals surface area (Å²) in [5.41, 5.74) is 3.45. The van der Waals surface area contributed by atoms with Crippen molar-refractivity contribution in [2.45, 2.75) is 82.3 Å². The molecule has 1 saturated carbocycles. The number of halogens is 2. The van der Waals surface area contributed by atoms with E-state index in [1.165, 1.54) is 12.7 Å². The number of methoxy groups -OCH3 is 1. The maximum absolute atomic E-state index is 14.9. The lowest BCUT2D eigenvalue weighted by Gasteiger charge is -2.48. The van der Waals surface area contributed by atoms with Crippen LogP contribution in [0.5, 0.6) is 11.5 Å². The topological polar surface area (TPSA) is 83.9 Å². The van der Waals surface area contributed by atoms with E-state index in [1.807, 2.05) is 30.5 Å². The maximum atomic E-state index is 14.9. The van der Waals surface area contributed by atoms with E-state index in [4.69, 9.17) is 21.1 Å². The molecule has 1 spiro atoms. The zero-order valence-corrected chi connectivity index (χ0v) is 26.4. The first-order valence-electron chi connectivity index (χ1n) is 15.6. The molecule has 1 fully saturated rings. The van der Waals surface area contributed by atoms with Crippen molar-refractivity contribution in [3.8, 4) is 11.5 Å². The van der Waals surface area contributed by atoms with Gasteiger partial charge in [-0.15, -0.1) is 0 Å². The molecule has 2 aliphatic carbocycles. The molecule has 0 saturated heterocycles. The number of carboxylic acid groups (broad SMARTS) is 1. The molecular weight excluding hydrogens is 581 g/mol. The maximum Gasteiger partial charge on any atom is 0.329 e. The molecule has 2 aromatic carbocycles. The number of hydrogen-bond donors (Lipinski definition) is 2. The predicted octanol–water partition coefficient (Wildman–Crippen LogP) is 7.56. The zero-order valence-electron chi connectivity index (χ0n) is 25.7. The quantitative estimate of drug-likeness (QED) is 0.255. The number of aliphatic carboxylic acids is 1. The summed E-state index contributed by atoms with van der Waals surface area (Å²) in [7, 11) is 1.48. The molecule has 1 aromatic heterocycles. The zero-order chi connectivity index (χ0) is 31.1. The number of aryl methyl sites for hydroxylation is 1. The van der Waals surface area contributed by atoms with E-state index in [0.29, 0.717) is 55.5 Å². The van der Waals surface area contributed by atoms with E-state index in [1.54, 1.807) is 18.2 Å². The molecule has 2 heterocycles. The molecule has 44 heavy (non-hydrogen) atoms. The van der Waals surface area contributed by atoms with Crippen LogP contribution in [0, 0.1) is 11.7 Å². The molecule has 2 atom stereocenters. The summed E-state index contributed by atoms with van der Waals surface area (Å²) >= 11 is 6.21. The Morgan fingerprint density at radius 3 is 2.73 bits per heavy atom. The monoisotopic (exact) mass is 621 g/mol. The molecule has 6 rings (SSSR count). The van der Waals surface area contributed by atoms with Gasteiger partial charge in [-0.3, -0.25) is 9.88 Å². The third-order valence-electron chi connectivity index (χ3n) is 10.0. The van der Waals surface area contributed by atoms with Crippen molar-refractivity contribution >= 4 is 23.3 Å². The van der Waals surface area contributed by atoms with Crippen LogP contribution in [-0.2, 0) is 23.3 Å². The normalized spacial score (nSPS) is 25.2. The molecule has 3 aliphatic rings. The first-order valence-corrected chi connectivity index (χ1v) is 16.0. The highest BCUT2D eigenvalue weighted by Crippen LogP contribution is 2.53. The Hall–Kier alpha value is -3.36. The summed E-state index contributed by atoms with van der Waals surface area (Å²) in [6.45, 7) is 6.28. The van der Waals surface area contributed by atoms with Crippen molar-refractivity contribution in [1.82, 2.24) is 9.88 Å². The number of ether oxygens (including phenoxy) is 2. The molecule has 7 nitrogen and oxygen atoms in total. The largest absolute Gasteiger partial charge is 0.494 e. The Kier molecular flexibility index (Phi) is 8.50. The van der Waals surface area contributed by atoms with Crippen molar-refractivity contribution < 1.29 is 23.8 Å². The summed E-state index contributed by atoms with van der Waals surface area (Å²) in [6, 6.07) is 12.6. The van der Waals surface area contributed by atoms with Crippen molar-refractivity contribution in [3.63, 3.8) is 0 Å². The van der Waals surface area contributed by atoms with Gasteiger partial charge in [-0.2, -0.15) is 0 Å². The highest BCUT2D eigenvalue weighted by molar-refractivity contribution is 6.30. The lowest BCUT2D eigenvalue weighted by molar-refractivity contribution is -0.145. The van der Waals surface area contributed by atoms with Crippen molar-refractivity contribution in [2.75, 3.05) is 25.6 Å². The van der Waals surface area contributed by atoms with E-state index >= 15 is 0 Å². The van der Waals surface area contributed by atoms with Gasteiger partial charge in [0, 0.05) is 52.7 Å². The van der Waals surface area contributed by atoms with Crippen LogP contribution in [0.1, 0.15) is 80.7 Å². The number of rotatable bonds is 9. The van der Waals surface area contributed by atoms with Gasteiger partial charge < -0.3 is 19.9 Å². The van der Waals surface area contributed by atoms with Gasteiger partial charge in [-0.1, -0.05) is 31.5 Å². The van der Waals surface area contributed by atoms with Crippen molar-refractivity contribution in [1.29, 1.82) is 0 Å². The van der Waals surface area contributed by atoms with Crippen LogP contribution >= 0.6 is 11.6 Å². The summed E-state index contributed by atoms with van der Waals surface area (Å²) in [4.78, 5) is 19.8. The van der Waals surface area contributed by atoms with Gasteiger partial charge in [-0.25, -0.2) is 9.18 Å². The molecular formula is C35H41ClFN3O4. The number of carboxylic acids is 1. The van der Waals surface area contributed by atoms with Crippen LogP contribution in [-0.4, -0.2) is 46.8 Å². The lowest BCUT2D eigenvalue weighted by Crippen LogP contribution is -2.55. The van der Waals surface area contributed by atoms with E-state index in [0.717, 1.165) is 48.4 Å². The number of anilines is 1. The van der Waals surface area contributed by atoms with Gasteiger partial charge in [-0.05, 0) is 98.4 Å². The smallest absolute Gasteiger partial charge is 0.329 e. The fraction of sp³-hybridized carbons (Fsp3) is 0.486. The van der Waals surface area contributed by atoms with Crippen LogP contribution in [0.3, 0.4) is 0 Å². The second-order valence-corrected chi connectivity index (χ2v) is 13.4. The third-order valence-corrected chi connectivity index (χ3v) is 10.3. The Bertz CT molecular complexity index is 1540. The molecule has 234 valence electrons. The number of pyridine rings is 1. The van der Waals surface area contributed by atoms with Gasteiger partial charge >= 0.3 is 5.97 Å². The molecule has 0 bridgehead atoms. The summed E-state index contributed by atoms with van der Waals surface area (Å²) in [5.74, 6) is 0.476. The number of aromatic nitrogens is 1. The van der Waals surface area contributed by atoms with Crippen LogP contribution < -0.4 is 14.8 Å². The molecule has 0 amide bonds. The van der Waals surface area contributed by atoms with E-state index in [2.05, 4.69) is 29.0 Å². The molecule has 2 N–H and O–H groups in total. The second kappa shape index (κ2) is 12.2. The minimum absolute atomic E-state index is 0.173. The summed E-state index contributed by atoms with van der Waals surface area (Å²) in [6.07, 6.45) is 7.12. The predicted molar refractivity (Wildman–Crippen MR) is 169 cm³/mol. The van der Waals surface area contributed by atoms with Crippen LogP contribution in [0.25, 0.3) is 0 Å². The lowest BCUT2D eigenvalue weighted by atomic mass is 9.69. The summed E-state index contributed by atoms with van der Waals surface area (Å²) < 4.78 is 26.7. The van der Waals surface area contributed by atoms with Crippen LogP contribution in [0.2, 0.25) is 5.02 Å². The molecule has 3 aromatic rings. The standard InChI is InChI=1S/C35H41ClFN3O4/c1-22(21-44-30-10-15-38-29-9-4-6-23(2)32(29)30)19-40-20-24-16-28(37)31(43-3)18-27(24)35(40)13-11-34(12-14-35,33(41)42)39-26-8-5-7-25(36)17-26/h5,7-8,10,15-18,22-23,39H,4,6,9,11-14,19-21H2,1-3H3,(H,41,42)/t22-,23-,34?,35?/m1/s1. The highest BCUT2D eigenvalue weighted by Gasteiger charge is 2.53. The first-order chi connectivity index (χ1) is 21.1.